The van der Waals surface area contributed by atoms with E-state index >= 15 is 0 Å². The van der Waals surface area contributed by atoms with Crippen LogP contribution in [-0.4, -0.2) is 52.2 Å². The fourth-order valence-corrected chi connectivity index (χ4v) is 3.43. The Morgan fingerprint density at radius 1 is 1.00 bits per heavy atom. The molecule has 0 aliphatic carbocycles. The largest absolute Gasteiger partial charge is 0.380 e. The minimum Gasteiger partial charge on any atom is -0.380 e. The molecular weight excluding hydrogens is 330 g/mol. The van der Waals surface area contributed by atoms with Gasteiger partial charge in [0.2, 0.25) is 10.0 Å². The second-order valence-corrected chi connectivity index (χ2v) is 6.67. The van der Waals surface area contributed by atoms with Gasteiger partial charge in [0.25, 0.3) is 0 Å². The van der Waals surface area contributed by atoms with Crippen molar-refractivity contribution in [2.45, 2.75) is 18.7 Å². The average Bonchev–Trinajstić information content (AvgIpc) is 2.59. The lowest BCUT2D eigenvalue weighted by atomic mass is 10.1. The third-order valence-electron chi connectivity index (χ3n) is 3.25. The van der Waals surface area contributed by atoms with E-state index < -0.39 is 10.0 Å². The van der Waals surface area contributed by atoms with Gasteiger partial charge in [-0.25, -0.2) is 8.42 Å². The number of rotatable bonds is 10. The molecule has 0 fully saturated rings. The van der Waals surface area contributed by atoms with E-state index in [9.17, 15) is 8.42 Å². The van der Waals surface area contributed by atoms with Crippen LogP contribution in [-0.2, 0) is 19.5 Å². The van der Waals surface area contributed by atoms with Gasteiger partial charge >= 0.3 is 0 Å². The van der Waals surface area contributed by atoms with Gasteiger partial charge in [0.05, 0.1) is 29.2 Å². The van der Waals surface area contributed by atoms with Crippen molar-refractivity contribution in [1.29, 1.82) is 10.5 Å². The molecule has 1 rings (SSSR count). The summed E-state index contributed by atoms with van der Waals surface area (Å²) < 4.78 is 37.4. The topological polar surface area (TPSA) is 103 Å². The third kappa shape index (κ3) is 5.29. The summed E-state index contributed by atoms with van der Waals surface area (Å²) in [7, 11) is -3.81. The van der Waals surface area contributed by atoms with Gasteiger partial charge < -0.3 is 9.47 Å². The van der Waals surface area contributed by atoms with Crippen LogP contribution in [0, 0.1) is 22.7 Å². The number of nitrogens with zero attached hydrogens (tertiary/aromatic N) is 3. The van der Waals surface area contributed by atoms with Crippen LogP contribution in [0.4, 0.5) is 0 Å². The van der Waals surface area contributed by atoms with Crippen molar-refractivity contribution in [3.63, 3.8) is 0 Å². The van der Waals surface area contributed by atoms with Crippen LogP contribution in [0.25, 0.3) is 0 Å². The average molecular weight is 351 g/mol. The summed E-state index contributed by atoms with van der Waals surface area (Å²) >= 11 is 0. The number of sulfonamides is 1. The number of hydrogen-bond donors (Lipinski definition) is 0. The Kier molecular flexibility index (Phi) is 8.37. The smallest absolute Gasteiger partial charge is 0.243 e. The first kappa shape index (κ1) is 20.1. The van der Waals surface area contributed by atoms with Crippen molar-refractivity contribution in [1.82, 2.24) is 4.31 Å². The molecule has 7 nitrogen and oxygen atoms in total. The quantitative estimate of drug-likeness (QED) is 0.592. The van der Waals surface area contributed by atoms with Gasteiger partial charge in [-0.15, -0.1) is 0 Å². The standard InChI is InChI=1S/C16H21N3O4S/c1-3-22-9-7-19(8-10-23-4-2)24(20,21)16-6-5-14(12-17)15(11-16)13-18/h5-6,11H,3-4,7-10H2,1-2H3. The Balaban J connectivity index is 3.09. The number of nitriles is 2. The molecular formula is C16H21N3O4S. The van der Waals surface area contributed by atoms with Crippen molar-refractivity contribution in [2.75, 3.05) is 39.5 Å². The second kappa shape index (κ2) is 10.0. The van der Waals surface area contributed by atoms with Crippen molar-refractivity contribution < 1.29 is 17.9 Å². The SMILES string of the molecule is CCOCCN(CCOCC)S(=O)(=O)c1ccc(C#N)c(C#N)c1. The maximum Gasteiger partial charge on any atom is 0.243 e. The summed E-state index contributed by atoms with van der Waals surface area (Å²) in [5.74, 6) is 0. The lowest BCUT2D eigenvalue weighted by Gasteiger charge is -2.22. The summed E-state index contributed by atoms with van der Waals surface area (Å²) in [6, 6.07) is 7.62. The maximum absolute atomic E-state index is 12.8. The van der Waals surface area contributed by atoms with Gasteiger partial charge in [0.1, 0.15) is 12.1 Å². The van der Waals surface area contributed by atoms with Gasteiger partial charge in [-0.1, -0.05) is 0 Å². The van der Waals surface area contributed by atoms with Crippen LogP contribution in [0.2, 0.25) is 0 Å². The zero-order chi connectivity index (χ0) is 18.0. The molecule has 0 saturated heterocycles. The Hall–Kier alpha value is -1.97. The van der Waals surface area contributed by atoms with E-state index in [2.05, 4.69) is 0 Å². The van der Waals surface area contributed by atoms with Crippen molar-refractivity contribution in [3.8, 4) is 12.1 Å². The predicted molar refractivity (Wildman–Crippen MR) is 87.6 cm³/mol. The van der Waals surface area contributed by atoms with E-state index in [1.54, 1.807) is 0 Å². The zero-order valence-corrected chi connectivity index (χ0v) is 14.7. The van der Waals surface area contributed by atoms with E-state index in [1.165, 1.54) is 22.5 Å². The summed E-state index contributed by atoms with van der Waals surface area (Å²) in [6.07, 6.45) is 0. The highest BCUT2D eigenvalue weighted by Crippen LogP contribution is 2.19. The van der Waals surface area contributed by atoms with Crippen LogP contribution in [0.15, 0.2) is 23.1 Å². The maximum atomic E-state index is 12.8. The van der Waals surface area contributed by atoms with Gasteiger partial charge in [0.15, 0.2) is 0 Å². The number of ether oxygens (including phenoxy) is 2. The second-order valence-electron chi connectivity index (χ2n) is 4.73. The molecule has 8 heteroatoms. The van der Waals surface area contributed by atoms with Crippen LogP contribution in [0.1, 0.15) is 25.0 Å². The highest BCUT2D eigenvalue weighted by molar-refractivity contribution is 7.89. The minimum atomic E-state index is -3.81. The van der Waals surface area contributed by atoms with Crippen molar-refractivity contribution in [2.24, 2.45) is 0 Å². The normalized spacial score (nSPS) is 11.2. The highest BCUT2D eigenvalue weighted by Gasteiger charge is 2.25. The van der Waals surface area contributed by atoms with E-state index in [1.807, 2.05) is 26.0 Å². The van der Waals surface area contributed by atoms with E-state index in [-0.39, 0.29) is 42.3 Å². The first-order valence-corrected chi connectivity index (χ1v) is 9.05. The van der Waals surface area contributed by atoms with Gasteiger partial charge in [-0.3, -0.25) is 0 Å². The van der Waals surface area contributed by atoms with Crippen molar-refractivity contribution >= 4 is 10.0 Å². The number of hydrogen-bond acceptors (Lipinski definition) is 6. The van der Waals surface area contributed by atoms with Crippen molar-refractivity contribution in [3.05, 3.63) is 29.3 Å². The monoisotopic (exact) mass is 351 g/mol. The Morgan fingerprint density at radius 3 is 2.00 bits per heavy atom. The highest BCUT2D eigenvalue weighted by atomic mass is 32.2. The molecule has 0 N–H and O–H groups in total. The molecule has 0 unspecified atom stereocenters. The summed E-state index contributed by atoms with van der Waals surface area (Å²) in [5.41, 5.74) is 0.180. The first-order chi connectivity index (χ1) is 11.5. The van der Waals surface area contributed by atoms with Crippen LogP contribution in [0.3, 0.4) is 0 Å². The molecule has 0 radical (unpaired) electrons. The molecule has 0 atom stereocenters. The van der Waals surface area contributed by atoms with Crippen LogP contribution in [0.5, 0.6) is 0 Å². The fraction of sp³-hybridized carbons (Fsp3) is 0.500. The van der Waals surface area contributed by atoms with Gasteiger partial charge in [0, 0.05) is 26.3 Å². The Labute approximate surface area is 143 Å². The molecule has 0 aliphatic heterocycles. The first-order valence-electron chi connectivity index (χ1n) is 7.61. The molecule has 0 spiro atoms. The number of benzene rings is 1. The molecule has 0 aromatic heterocycles. The van der Waals surface area contributed by atoms with Gasteiger partial charge in [-0.2, -0.15) is 14.8 Å². The molecule has 0 heterocycles. The van der Waals surface area contributed by atoms with Crippen LogP contribution >= 0.6 is 0 Å². The summed E-state index contributed by atoms with van der Waals surface area (Å²) in [5, 5.41) is 18.0. The molecule has 1 aromatic rings. The predicted octanol–water partition coefficient (Wildman–Crippen LogP) is 1.49. The molecule has 24 heavy (non-hydrogen) atoms. The molecule has 0 aliphatic rings. The molecule has 0 bridgehead atoms. The molecule has 0 amide bonds. The molecule has 1 aromatic carbocycles. The summed E-state index contributed by atoms with van der Waals surface area (Å²) in [6.45, 7) is 5.56. The minimum absolute atomic E-state index is 0.0222. The lowest BCUT2D eigenvalue weighted by molar-refractivity contribution is 0.110. The fourth-order valence-electron chi connectivity index (χ4n) is 2.00. The zero-order valence-electron chi connectivity index (χ0n) is 13.9. The molecule has 0 saturated carbocycles. The third-order valence-corrected chi connectivity index (χ3v) is 5.14. The lowest BCUT2D eigenvalue weighted by Crippen LogP contribution is -2.36. The van der Waals surface area contributed by atoms with E-state index in [0.717, 1.165) is 0 Å². The van der Waals surface area contributed by atoms with Gasteiger partial charge in [-0.05, 0) is 32.0 Å². The van der Waals surface area contributed by atoms with E-state index in [4.69, 9.17) is 20.0 Å². The molecule has 130 valence electrons. The Morgan fingerprint density at radius 2 is 1.54 bits per heavy atom. The van der Waals surface area contributed by atoms with Crippen LogP contribution < -0.4 is 0 Å². The van der Waals surface area contributed by atoms with E-state index in [0.29, 0.717) is 13.2 Å². The Bertz CT molecular complexity index is 710. The summed E-state index contributed by atoms with van der Waals surface area (Å²) in [4.78, 5) is -0.0222.